The van der Waals surface area contributed by atoms with E-state index in [2.05, 4.69) is 211 Å². The molecular formula is C49H35NSi. The van der Waals surface area contributed by atoms with E-state index in [-0.39, 0.29) is 5.92 Å². The monoisotopic (exact) mass is 665 g/mol. The van der Waals surface area contributed by atoms with E-state index >= 15 is 0 Å². The van der Waals surface area contributed by atoms with Crippen LogP contribution in [0.2, 0.25) is 0 Å². The first kappa shape index (κ1) is 29.7. The third kappa shape index (κ3) is 4.40. The quantitative estimate of drug-likeness (QED) is 0.123. The van der Waals surface area contributed by atoms with Crippen molar-refractivity contribution in [2.24, 2.45) is 0 Å². The molecule has 8 aromatic carbocycles. The molecule has 2 heteroatoms. The molecule has 240 valence electrons. The maximum Gasteiger partial charge on any atom is 0.180 e. The minimum atomic E-state index is -2.90. The van der Waals surface area contributed by atoms with Gasteiger partial charge in [0, 0.05) is 22.4 Å². The van der Waals surface area contributed by atoms with Crippen LogP contribution in [0.5, 0.6) is 0 Å². The second-order valence-electron chi connectivity index (χ2n) is 13.6. The Morgan fingerprint density at radius 3 is 1.49 bits per heavy atom. The highest BCUT2D eigenvalue weighted by Crippen LogP contribution is 2.52. The molecule has 9 aromatic rings. The Hall–Kier alpha value is -6.22. The minimum Gasteiger partial charge on any atom is -0.309 e. The lowest BCUT2D eigenvalue weighted by atomic mass is 9.87. The fourth-order valence-corrected chi connectivity index (χ4v) is 14.0. The molecule has 51 heavy (non-hydrogen) atoms. The lowest BCUT2D eigenvalue weighted by Gasteiger charge is -2.35. The highest BCUT2D eigenvalue weighted by molar-refractivity contribution is 7.20. The van der Waals surface area contributed by atoms with E-state index in [1.807, 2.05) is 0 Å². The predicted octanol–water partition coefficient (Wildman–Crippen LogP) is 9.32. The molecule has 1 aromatic heterocycles. The van der Waals surface area contributed by atoms with Crippen molar-refractivity contribution >= 4 is 50.6 Å². The van der Waals surface area contributed by atoms with Crippen LogP contribution in [0.3, 0.4) is 0 Å². The average molecular weight is 666 g/mol. The van der Waals surface area contributed by atoms with Gasteiger partial charge in [-0.05, 0) is 72.8 Å². The second kappa shape index (κ2) is 12.0. The summed E-state index contributed by atoms with van der Waals surface area (Å²) in [4.78, 5) is 0. The van der Waals surface area contributed by atoms with Gasteiger partial charge in [-0.3, -0.25) is 0 Å². The third-order valence-electron chi connectivity index (χ3n) is 11.0. The first-order valence-electron chi connectivity index (χ1n) is 17.8. The molecule has 10 rings (SSSR count). The Kier molecular flexibility index (Phi) is 6.97. The van der Waals surface area contributed by atoms with Gasteiger partial charge in [0.1, 0.15) is 0 Å². The Bertz CT molecular complexity index is 2570. The molecule has 1 nitrogen and oxygen atoms in total. The number of rotatable bonds is 6. The van der Waals surface area contributed by atoms with Crippen molar-refractivity contribution in [1.29, 1.82) is 0 Å². The fourth-order valence-electron chi connectivity index (χ4n) is 9.05. The highest BCUT2D eigenvalue weighted by atomic mass is 28.3. The topological polar surface area (TPSA) is 4.93 Å². The highest BCUT2D eigenvalue weighted by Gasteiger charge is 2.44. The summed E-state index contributed by atoms with van der Waals surface area (Å²) in [6.07, 6.45) is 0. The molecule has 0 aliphatic heterocycles. The second-order valence-corrected chi connectivity index (χ2v) is 17.3. The number of nitrogens with zero attached hydrogens (tertiary/aromatic N) is 1. The number of benzene rings is 8. The third-order valence-corrected chi connectivity index (χ3v) is 15.8. The van der Waals surface area contributed by atoms with Crippen molar-refractivity contribution in [3.63, 3.8) is 0 Å². The van der Waals surface area contributed by atoms with Crippen molar-refractivity contribution in [3.05, 3.63) is 223 Å². The van der Waals surface area contributed by atoms with E-state index in [0.717, 1.165) is 0 Å². The number of para-hydroxylation sites is 1. The Balaban J connectivity index is 1.45. The van der Waals surface area contributed by atoms with Crippen LogP contribution >= 0.6 is 0 Å². The van der Waals surface area contributed by atoms with E-state index < -0.39 is 8.07 Å². The molecule has 1 aliphatic carbocycles. The molecule has 1 heterocycles. The van der Waals surface area contributed by atoms with Crippen molar-refractivity contribution in [2.75, 3.05) is 0 Å². The summed E-state index contributed by atoms with van der Waals surface area (Å²) in [6.45, 7) is 0. The van der Waals surface area contributed by atoms with Gasteiger partial charge in [0.2, 0.25) is 0 Å². The summed E-state index contributed by atoms with van der Waals surface area (Å²) < 4.78 is 2.51. The van der Waals surface area contributed by atoms with Crippen LogP contribution in [0, 0.1) is 0 Å². The van der Waals surface area contributed by atoms with Gasteiger partial charge in [-0.1, -0.05) is 182 Å². The lowest BCUT2D eigenvalue weighted by Crippen LogP contribution is -2.74. The maximum absolute atomic E-state index is 2.90. The SMILES string of the molecule is c1ccc(C2c3ccccc3-c3ccc4c(c32)c2c([Si](c3ccccc3)(c3ccccc3)c3ccccc3)cccc2n4-c2ccccc2)cc1. The van der Waals surface area contributed by atoms with Gasteiger partial charge in [-0.15, -0.1) is 0 Å². The summed E-state index contributed by atoms with van der Waals surface area (Å²) in [5.41, 5.74) is 10.4. The summed E-state index contributed by atoms with van der Waals surface area (Å²) in [7, 11) is -2.90. The Labute approximate surface area is 299 Å². The first-order valence-corrected chi connectivity index (χ1v) is 19.8. The van der Waals surface area contributed by atoms with Crippen LogP contribution in [-0.4, -0.2) is 12.6 Å². The number of fused-ring (bicyclic) bond motifs is 7. The summed E-state index contributed by atoms with van der Waals surface area (Å²) >= 11 is 0. The van der Waals surface area contributed by atoms with E-state index in [1.165, 1.54) is 76.1 Å². The van der Waals surface area contributed by atoms with Gasteiger partial charge in [-0.25, -0.2) is 0 Å². The molecule has 0 fully saturated rings. The van der Waals surface area contributed by atoms with Crippen molar-refractivity contribution < 1.29 is 0 Å². The molecule has 0 amide bonds. The number of aromatic nitrogens is 1. The smallest absolute Gasteiger partial charge is 0.180 e. The minimum absolute atomic E-state index is 0.116. The normalized spacial score (nSPS) is 13.7. The van der Waals surface area contributed by atoms with E-state index in [0.29, 0.717) is 0 Å². The number of hydrogen-bond donors (Lipinski definition) is 0. The first-order chi connectivity index (χ1) is 25.4. The number of hydrogen-bond acceptors (Lipinski definition) is 0. The van der Waals surface area contributed by atoms with Gasteiger partial charge in [0.25, 0.3) is 0 Å². The molecule has 0 N–H and O–H groups in total. The molecule has 1 unspecified atom stereocenters. The van der Waals surface area contributed by atoms with Crippen LogP contribution in [0.4, 0.5) is 0 Å². The van der Waals surface area contributed by atoms with Gasteiger partial charge in [0.05, 0.1) is 11.0 Å². The Morgan fingerprint density at radius 2 is 0.882 bits per heavy atom. The summed E-state index contributed by atoms with van der Waals surface area (Å²) in [6, 6.07) is 76.9. The van der Waals surface area contributed by atoms with Crippen LogP contribution < -0.4 is 20.7 Å². The van der Waals surface area contributed by atoms with Crippen LogP contribution in [0.25, 0.3) is 38.6 Å². The predicted molar refractivity (Wildman–Crippen MR) is 217 cm³/mol. The molecule has 0 saturated carbocycles. The lowest BCUT2D eigenvalue weighted by molar-refractivity contribution is 1.03. The molecule has 0 bridgehead atoms. The van der Waals surface area contributed by atoms with Gasteiger partial charge >= 0.3 is 0 Å². The fraction of sp³-hybridized carbons (Fsp3) is 0.0204. The summed E-state index contributed by atoms with van der Waals surface area (Å²) in [5.74, 6) is 0.116. The van der Waals surface area contributed by atoms with Crippen LogP contribution in [0.1, 0.15) is 22.6 Å². The van der Waals surface area contributed by atoms with Gasteiger partial charge in [0.15, 0.2) is 8.07 Å². The zero-order valence-corrected chi connectivity index (χ0v) is 29.2. The van der Waals surface area contributed by atoms with Gasteiger partial charge in [-0.2, -0.15) is 0 Å². The van der Waals surface area contributed by atoms with Gasteiger partial charge < -0.3 is 4.57 Å². The molecule has 1 aliphatic rings. The average Bonchev–Trinajstić information content (AvgIpc) is 3.74. The van der Waals surface area contributed by atoms with Crippen molar-refractivity contribution in [3.8, 4) is 16.8 Å². The standard InChI is InChI=1S/C49H35NSi/c1-6-19-35(20-7-1)46-41-30-17-16-29-40(41)42-33-34-44-49(47(42)46)48-43(50(44)36-21-8-2-9-22-36)31-18-32-45(48)51(37-23-10-3-11-24-37,38-25-12-4-13-26-38)39-27-14-5-15-28-39/h1-34,46H. The molecule has 0 saturated heterocycles. The molecule has 0 spiro atoms. The maximum atomic E-state index is 2.51. The molecule has 0 radical (unpaired) electrons. The van der Waals surface area contributed by atoms with E-state index in [1.54, 1.807) is 0 Å². The van der Waals surface area contributed by atoms with Crippen molar-refractivity contribution in [1.82, 2.24) is 4.57 Å². The zero-order chi connectivity index (χ0) is 33.8. The van der Waals surface area contributed by atoms with Crippen LogP contribution in [-0.2, 0) is 0 Å². The Morgan fingerprint density at radius 1 is 0.373 bits per heavy atom. The zero-order valence-electron chi connectivity index (χ0n) is 28.2. The van der Waals surface area contributed by atoms with E-state index in [4.69, 9.17) is 0 Å². The van der Waals surface area contributed by atoms with Crippen LogP contribution in [0.15, 0.2) is 206 Å². The van der Waals surface area contributed by atoms with E-state index in [9.17, 15) is 0 Å². The molecule has 1 atom stereocenters. The molecular weight excluding hydrogens is 631 g/mol. The summed E-state index contributed by atoms with van der Waals surface area (Å²) in [5, 5.41) is 8.26. The van der Waals surface area contributed by atoms with Crippen molar-refractivity contribution in [2.45, 2.75) is 5.92 Å². The largest absolute Gasteiger partial charge is 0.309 e.